The molecule has 0 aliphatic carbocycles. The molecule has 1 N–H and O–H groups in total. The van der Waals surface area contributed by atoms with Gasteiger partial charge in [-0.3, -0.25) is 14.4 Å². The first-order chi connectivity index (χ1) is 9.90. The molecule has 1 heterocycles. The first-order valence-electron chi connectivity index (χ1n) is 6.91. The summed E-state index contributed by atoms with van der Waals surface area (Å²) in [4.78, 5) is 37.4. The van der Waals surface area contributed by atoms with E-state index in [0.29, 0.717) is 13.2 Å². The highest BCUT2D eigenvalue weighted by atomic mass is 16.5. The number of carbonyl (C=O) groups excluding carboxylic acids is 3. The zero-order valence-corrected chi connectivity index (χ0v) is 12.6. The van der Waals surface area contributed by atoms with Crippen LogP contribution in [-0.2, 0) is 19.1 Å². The number of amides is 2. The number of nitrogens with one attached hydrogen (secondary N) is 1. The van der Waals surface area contributed by atoms with Crippen LogP contribution < -0.4 is 5.32 Å². The quantitative estimate of drug-likeness (QED) is 0.651. The molecule has 116 valence electrons. The maximum Gasteiger partial charge on any atom is 0.245 e. The van der Waals surface area contributed by atoms with Gasteiger partial charge in [0.2, 0.25) is 11.8 Å². The molecule has 0 radical (unpaired) electrons. The molecule has 0 saturated carbocycles. The van der Waals surface area contributed by atoms with Gasteiger partial charge in [0, 0.05) is 38.6 Å². The third-order valence-corrected chi connectivity index (χ3v) is 3.29. The number of hydrogen-bond donors (Lipinski definition) is 1. The lowest BCUT2D eigenvalue weighted by Gasteiger charge is -2.17. The SMILES string of the molecule is COCCN1C[C@@H](C(=O)[C@@H](C#N)C(=O)NC(C)C)CC1=O. The number of likely N-dealkylation sites (tertiary alicyclic amines) is 1. The van der Waals surface area contributed by atoms with E-state index in [-0.39, 0.29) is 24.9 Å². The van der Waals surface area contributed by atoms with E-state index in [2.05, 4.69) is 5.32 Å². The van der Waals surface area contributed by atoms with Crippen LogP contribution in [0.2, 0.25) is 0 Å². The normalized spacial score (nSPS) is 19.5. The Morgan fingerprint density at radius 1 is 1.52 bits per heavy atom. The molecule has 21 heavy (non-hydrogen) atoms. The Kier molecular flexibility index (Phi) is 6.31. The van der Waals surface area contributed by atoms with Crippen LogP contribution in [0.15, 0.2) is 0 Å². The minimum absolute atomic E-state index is 0.0513. The molecule has 1 aliphatic heterocycles. The van der Waals surface area contributed by atoms with Crippen molar-refractivity contribution >= 4 is 17.6 Å². The molecule has 2 atom stereocenters. The smallest absolute Gasteiger partial charge is 0.245 e. The summed E-state index contributed by atoms with van der Waals surface area (Å²) in [6.07, 6.45) is 0.0513. The van der Waals surface area contributed by atoms with Crippen molar-refractivity contribution < 1.29 is 19.1 Å². The summed E-state index contributed by atoms with van der Waals surface area (Å²) in [5.74, 6) is -3.18. The zero-order chi connectivity index (χ0) is 16.0. The molecule has 7 heteroatoms. The summed E-state index contributed by atoms with van der Waals surface area (Å²) in [5, 5.41) is 11.6. The molecule has 7 nitrogen and oxygen atoms in total. The standard InChI is InChI=1S/C14H21N3O4/c1-9(2)16-14(20)11(7-15)13(19)10-6-12(18)17(8-10)4-5-21-3/h9-11H,4-6,8H2,1-3H3,(H,16,20)/t10-,11+/m0/s1. The summed E-state index contributed by atoms with van der Waals surface area (Å²) in [5.41, 5.74) is 0. The fourth-order valence-corrected chi connectivity index (χ4v) is 2.24. The second-order valence-corrected chi connectivity index (χ2v) is 5.36. The maximum absolute atomic E-state index is 12.3. The van der Waals surface area contributed by atoms with Gasteiger partial charge in [-0.15, -0.1) is 0 Å². The van der Waals surface area contributed by atoms with E-state index in [4.69, 9.17) is 10.00 Å². The summed E-state index contributed by atoms with van der Waals surface area (Å²) in [7, 11) is 1.53. The van der Waals surface area contributed by atoms with Crippen LogP contribution >= 0.6 is 0 Å². The van der Waals surface area contributed by atoms with Crippen molar-refractivity contribution in [2.45, 2.75) is 26.3 Å². The van der Waals surface area contributed by atoms with Crippen molar-refractivity contribution in [2.24, 2.45) is 11.8 Å². The van der Waals surface area contributed by atoms with Gasteiger partial charge in [-0.25, -0.2) is 0 Å². The Morgan fingerprint density at radius 2 is 2.19 bits per heavy atom. The molecule has 0 bridgehead atoms. The first-order valence-corrected chi connectivity index (χ1v) is 6.91. The molecule has 0 aromatic carbocycles. The highest BCUT2D eigenvalue weighted by Crippen LogP contribution is 2.21. The van der Waals surface area contributed by atoms with Crippen molar-refractivity contribution in [3.63, 3.8) is 0 Å². The van der Waals surface area contributed by atoms with Gasteiger partial charge in [-0.1, -0.05) is 0 Å². The average Bonchev–Trinajstić information content (AvgIpc) is 2.77. The lowest BCUT2D eigenvalue weighted by molar-refractivity contribution is -0.134. The molecule has 0 aromatic heterocycles. The Hall–Kier alpha value is -1.94. The minimum Gasteiger partial charge on any atom is -0.383 e. The van der Waals surface area contributed by atoms with Gasteiger partial charge in [0.25, 0.3) is 0 Å². The molecule has 1 saturated heterocycles. The van der Waals surface area contributed by atoms with Gasteiger partial charge in [0.15, 0.2) is 11.7 Å². The van der Waals surface area contributed by atoms with Gasteiger partial charge in [0.05, 0.1) is 12.7 Å². The van der Waals surface area contributed by atoms with Crippen molar-refractivity contribution in [2.75, 3.05) is 26.8 Å². The predicted molar refractivity (Wildman–Crippen MR) is 74.0 cm³/mol. The largest absolute Gasteiger partial charge is 0.383 e. The van der Waals surface area contributed by atoms with Crippen molar-refractivity contribution in [1.82, 2.24) is 10.2 Å². The van der Waals surface area contributed by atoms with Crippen LogP contribution in [0.5, 0.6) is 0 Å². The van der Waals surface area contributed by atoms with Crippen LogP contribution in [-0.4, -0.2) is 55.3 Å². The number of methoxy groups -OCH3 is 1. The summed E-state index contributed by atoms with van der Waals surface area (Å²) in [6, 6.07) is 1.59. The average molecular weight is 295 g/mol. The van der Waals surface area contributed by atoms with Gasteiger partial charge in [0.1, 0.15) is 0 Å². The number of rotatable bonds is 7. The van der Waals surface area contributed by atoms with Crippen LogP contribution in [0.1, 0.15) is 20.3 Å². The van der Waals surface area contributed by atoms with Gasteiger partial charge in [-0.2, -0.15) is 5.26 Å². The van der Waals surface area contributed by atoms with Crippen molar-refractivity contribution in [1.29, 1.82) is 5.26 Å². The fourth-order valence-electron chi connectivity index (χ4n) is 2.24. The molecule has 0 aromatic rings. The monoisotopic (exact) mass is 295 g/mol. The second-order valence-electron chi connectivity index (χ2n) is 5.36. The third kappa shape index (κ3) is 4.53. The van der Waals surface area contributed by atoms with Crippen LogP contribution in [0, 0.1) is 23.2 Å². The van der Waals surface area contributed by atoms with Crippen LogP contribution in [0.25, 0.3) is 0 Å². The van der Waals surface area contributed by atoms with Crippen LogP contribution in [0.3, 0.4) is 0 Å². The zero-order valence-electron chi connectivity index (χ0n) is 12.6. The predicted octanol–water partition coefficient (Wildman–Crippen LogP) is -0.285. The lowest BCUT2D eigenvalue weighted by Crippen LogP contribution is -2.41. The Bertz CT molecular complexity index is 456. The number of nitrogens with zero attached hydrogens (tertiary/aromatic N) is 2. The van der Waals surface area contributed by atoms with Crippen molar-refractivity contribution in [3.05, 3.63) is 0 Å². The summed E-state index contributed by atoms with van der Waals surface area (Å²) in [6.45, 7) is 4.55. The molecule has 1 rings (SSSR count). The van der Waals surface area contributed by atoms with E-state index in [1.54, 1.807) is 19.9 Å². The number of ether oxygens (including phenoxy) is 1. The molecule has 1 aliphatic rings. The van der Waals surface area contributed by atoms with E-state index in [1.165, 1.54) is 12.0 Å². The van der Waals surface area contributed by atoms with Crippen LogP contribution in [0.4, 0.5) is 0 Å². The second kappa shape index (κ2) is 7.74. The number of ketones is 1. The van der Waals surface area contributed by atoms with Crippen molar-refractivity contribution in [3.8, 4) is 6.07 Å². The van der Waals surface area contributed by atoms with E-state index >= 15 is 0 Å². The Labute approximate surface area is 124 Å². The highest BCUT2D eigenvalue weighted by molar-refractivity contribution is 6.06. The molecular weight excluding hydrogens is 274 g/mol. The molecule has 0 spiro atoms. The van der Waals surface area contributed by atoms with E-state index in [9.17, 15) is 14.4 Å². The van der Waals surface area contributed by atoms with Gasteiger partial charge < -0.3 is 15.0 Å². The summed E-state index contributed by atoms with van der Waals surface area (Å²) < 4.78 is 4.90. The third-order valence-electron chi connectivity index (χ3n) is 3.29. The number of carbonyl (C=O) groups is 3. The molecule has 0 unspecified atom stereocenters. The van der Waals surface area contributed by atoms with E-state index in [1.807, 2.05) is 0 Å². The fraction of sp³-hybridized carbons (Fsp3) is 0.714. The topological polar surface area (TPSA) is 99.5 Å². The van der Waals surface area contributed by atoms with Gasteiger partial charge in [-0.05, 0) is 13.8 Å². The molecule has 2 amide bonds. The lowest BCUT2D eigenvalue weighted by atomic mass is 9.92. The summed E-state index contributed by atoms with van der Waals surface area (Å²) >= 11 is 0. The van der Waals surface area contributed by atoms with E-state index < -0.39 is 23.5 Å². The molecule has 1 fully saturated rings. The maximum atomic E-state index is 12.3. The number of nitriles is 1. The first kappa shape index (κ1) is 17.1. The number of Topliss-reactive ketones (excluding diaryl/α,β-unsaturated/α-hetero) is 1. The Morgan fingerprint density at radius 3 is 2.71 bits per heavy atom. The van der Waals surface area contributed by atoms with E-state index in [0.717, 1.165) is 0 Å². The number of hydrogen-bond acceptors (Lipinski definition) is 5. The molecular formula is C14H21N3O4. The highest BCUT2D eigenvalue weighted by Gasteiger charge is 2.39. The van der Waals surface area contributed by atoms with Gasteiger partial charge >= 0.3 is 0 Å². The Balaban J connectivity index is 2.68. The minimum atomic E-state index is -1.35.